The maximum Gasteiger partial charge on any atom is 0.261 e. The Hall–Kier alpha value is -3.72. The first kappa shape index (κ1) is 26.9. The zero-order valence-electron chi connectivity index (χ0n) is 19.3. The van der Waals surface area contributed by atoms with Gasteiger partial charge in [0.1, 0.15) is 5.56 Å². The zero-order valence-corrected chi connectivity index (χ0v) is 20.9. The summed E-state index contributed by atoms with van der Waals surface area (Å²) in [6.07, 6.45) is 1.70. The summed E-state index contributed by atoms with van der Waals surface area (Å²) in [5.41, 5.74) is 7.27. The number of hydrogen-bond acceptors (Lipinski definition) is 6. The number of nitrogens with zero attached hydrogens (tertiary/aromatic N) is 1. The second-order valence-corrected chi connectivity index (χ2v) is 8.35. The standard InChI is InChI=1S/C26H23ClN4O4.ClH/c1-35-24-12-21-18(14-29-24)9-19(25(33)30-21)26(34)31-22-10-16(7-8-20(22)27)23(32)11-17(13-28)15-5-3-2-4-6-15;/h2-10,12,14,17H,11,13,28H2,1H3,(H,30,33)(H,31,34);1H. The molecule has 0 radical (unpaired) electrons. The minimum absolute atomic E-state index is 0. The van der Waals surface area contributed by atoms with E-state index in [1.807, 2.05) is 30.3 Å². The molecular formula is C26H24Cl2N4O4. The monoisotopic (exact) mass is 526 g/mol. The van der Waals surface area contributed by atoms with Crippen molar-refractivity contribution in [2.24, 2.45) is 5.73 Å². The molecule has 4 N–H and O–H groups in total. The van der Waals surface area contributed by atoms with Crippen molar-refractivity contribution in [2.45, 2.75) is 12.3 Å². The van der Waals surface area contributed by atoms with Gasteiger partial charge < -0.3 is 20.8 Å². The second-order valence-electron chi connectivity index (χ2n) is 7.95. The predicted molar refractivity (Wildman–Crippen MR) is 143 cm³/mol. The van der Waals surface area contributed by atoms with E-state index < -0.39 is 11.5 Å². The number of aromatic nitrogens is 2. The van der Waals surface area contributed by atoms with Gasteiger partial charge in [0.2, 0.25) is 5.88 Å². The average Bonchev–Trinajstić information content (AvgIpc) is 2.88. The minimum Gasteiger partial charge on any atom is -0.481 e. The summed E-state index contributed by atoms with van der Waals surface area (Å²) in [6, 6.07) is 17.2. The molecule has 1 unspecified atom stereocenters. The highest BCUT2D eigenvalue weighted by molar-refractivity contribution is 6.34. The lowest BCUT2D eigenvalue weighted by atomic mass is 9.91. The number of nitrogens with one attached hydrogen (secondary N) is 2. The summed E-state index contributed by atoms with van der Waals surface area (Å²) in [5.74, 6) is -0.608. The molecule has 0 aliphatic carbocycles. The fraction of sp³-hybridized carbons (Fsp3) is 0.154. The number of pyridine rings is 2. The van der Waals surface area contributed by atoms with Gasteiger partial charge in [-0.25, -0.2) is 4.98 Å². The number of ether oxygens (including phenoxy) is 1. The van der Waals surface area contributed by atoms with Crippen LogP contribution in [0.2, 0.25) is 5.02 Å². The van der Waals surface area contributed by atoms with Crippen LogP contribution in [0.15, 0.2) is 71.7 Å². The Morgan fingerprint density at radius 2 is 1.89 bits per heavy atom. The molecule has 0 spiro atoms. The van der Waals surface area contributed by atoms with E-state index in [2.05, 4.69) is 15.3 Å². The fourth-order valence-corrected chi connectivity index (χ4v) is 3.91. The number of H-pyrrole nitrogens is 1. The van der Waals surface area contributed by atoms with Crippen molar-refractivity contribution in [2.75, 3.05) is 19.0 Å². The Labute approximate surface area is 218 Å². The van der Waals surface area contributed by atoms with E-state index in [1.54, 1.807) is 12.1 Å². The van der Waals surface area contributed by atoms with Crippen molar-refractivity contribution in [3.05, 3.63) is 98.9 Å². The van der Waals surface area contributed by atoms with Crippen LogP contribution in [0.3, 0.4) is 0 Å². The lowest BCUT2D eigenvalue weighted by Crippen LogP contribution is -2.23. The van der Waals surface area contributed by atoms with Crippen LogP contribution in [0.4, 0.5) is 5.69 Å². The van der Waals surface area contributed by atoms with Crippen LogP contribution in [0.1, 0.15) is 38.6 Å². The van der Waals surface area contributed by atoms with E-state index in [1.165, 1.54) is 31.5 Å². The van der Waals surface area contributed by atoms with Crippen LogP contribution in [0, 0.1) is 0 Å². The van der Waals surface area contributed by atoms with E-state index in [9.17, 15) is 14.4 Å². The van der Waals surface area contributed by atoms with Gasteiger partial charge in [0.15, 0.2) is 5.78 Å². The first-order chi connectivity index (χ1) is 16.9. The van der Waals surface area contributed by atoms with Crippen LogP contribution in [-0.2, 0) is 0 Å². The number of fused-ring (bicyclic) bond motifs is 1. The van der Waals surface area contributed by atoms with Crippen molar-refractivity contribution in [1.82, 2.24) is 9.97 Å². The molecular weight excluding hydrogens is 503 g/mol. The lowest BCUT2D eigenvalue weighted by Gasteiger charge is -2.15. The number of rotatable bonds is 8. The summed E-state index contributed by atoms with van der Waals surface area (Å²) in [6.45, 7) is 0.318. The normalized spacial score (nSPS) is 11.4. The largest absolute Gasteiger partial charge is 0.481 e. The number of carbonyl (C=O) groups is 2. The third-order valence-electron chi connectivity index (χ3n) is 5.68. The molecule has 0 fully saturated rings. The Morgan fingerprint density at radius 1 is 1.14 bits per heavy atom. The molecule has 10 heteroatoms. The molecule has 1 atom stereocenters. The molecule has 0 bridgehead atoms. The van der Waals surface area contributed by atoms with Gasteiger partial charge in [0, 0.05) is 35.6 Å². The number of hydrogen-bond donors (Lipinski definition) is 3. The highest BCUT2D eigenvalue weighted by Gasteiger charge is 2.19. The SMILES string of the molecule is COc1cc2[nH]c(=O)c(C(=O)Nc3cc(C(=O)CC(CN)c4ccccc4)ccc3Cl)cc2cn1.Cl. The number of methoxy groups -OCH3 is 1. The van der Waals surface area contributed by atoms with Crippen LogP contribution in [0.5, 0.6) is 5.88 Å². The summed E-state index contributed by atoms with van der Waals surface area (Å²) in [4.78, 5) is 45.2. The van der Waals surface area contributed by atoms with Gasteiger partial charge in [0.05, 0.1) is 23.3 Å². The molecule has 0 saturated heterocycles. The molecule has 1 amide bonds. The fourth-order valence-electron chi connectivity index (χ4n) is 3.75. The van der Waals surface area contributed by atoms with Crippen molar-refractivity contribution < 1.29 is 14.3 Å². The summed E-state index contributed by atoms with van der Waals surface area (Å²) < 4.78 is 5.06. The molecule has 4 aromatic rings. The van der Waals surface area contributed by atoms with Gasteiger partial charge in [-0.1, -0.05) is 41.9 Å². The van der Waals surface area contributed by atoms with E-state index >= 15 is 0 Å². The lowest BCUT2D eigenvalue weighted by molar-refractivity contribution is 0.0972. The first-order valence-electron chi connectivity index (χ1n) is 10.9. The average molecular weight is 527 g/mol. The van der Waals surface area contributed by atoms with Gasteiger partial charge in [-0.3, -0.25) is 14.4 Å². The molecule has 4 rings (SSSR count). The highest BCUT2D eigenvalue weighted by atomic mass is 35.5. The number of carbonyl (C=O) groups excluding carboxylic acids is 2. The van der Waals surface area contributed by atoms with E-state index in [0.29, 0.717) is 28.9 Å². The zero-order chi connectivity index (χ0) is 24.9. The number of ketones is 1. The number of nitrogens with two attached hydrogens (primary N) is 1. The molecule has 36 heavy (non-hydrogen) atoms. The molecule has 0 aliphatic heterocycles. The Kier molecular flexibility index (Phi) is 8.82. The van der Waals surface area contributed by atoms with Crippen molar-refractivity contribution >= 4 is 52.3 Å². The minimum atomic E-state index is -0.667. The molecule has 2 heterocycles. The molecule has 2 aromatic heterocycles. The van der Waals surface area contributed by atoms with Crippen LogP contribution < -0.4 is 21.3 Å². The molecule has 2 aromatic carbocycles. The number of anilines is 1. The summed E-state index contributed by atoms with van der Waals surface area (Å²) >= 11 is 6.27. The van der Waals surface area contributed by atoms with Gasteiger partial charge in [-0.05, 0) is 36.4 Å². The summed E-state index contributed by atoms with van der Waals surface area (Å²) in [5, 5.41) is 3.42. The Bertz CT molecular complexity index is 1460. The van der Waals surface area contributed by atoms with E-state index in [-0.39, 0.29) is 46.8 Å². The van der Waals surface area contributed by atoms with Crippen LogP contribution in [0.25, 0.3) is 10.9 Å². The highest BCUT2D eigenvalue weighted by Crippen LogP contribution is 2.27. The first-order valence-corrected chi connectivity index (χ1v) is 11.2. The number of aromatic amines is 1. The van der Waals surface area contributed by atoms with Crippen LogP contribution in [-0.4, -0.2) is 35.3 Å². The molecule has 0 saturated carbocycles. The third kappa shape index (κ3) is 5.91. The number of Topliss-reactive ketones (excluding diaryl/α,β-unsaturated/α-hetero) is 1. The summed E-state index contributed by atoms with van der Waals surface area (Å²) in [7, 11) is 1.47. The maximum atomic E-state index is 13.0. The van der Waals surface area contributed by atoms with Crippen LogP contribution >= 0.6 is 24.0 Å². The van der Waals surface area contributed by atoms with Gasteiger partial charge in [0.25, 0.3) is 11.5 Å². The molecule has 0 aliphatic rings. The number of benzene rings is 2. The van der Waals surface area contributed by atoms with Crippen molar-refractivity contribution in [1.29, 1.82) is 0 Å². The molecule has 186 valence electrons. The van der Waals surface area contributed by atoms with Gasteiger partial charge in [-0.2, -0.15) is 0 Å². The third-order valence-corrected chi connectivity index (χ3v) is 6.01. The smallest absolute Gasteiger partial charge is 0.261 e. The van der Waals surface area contributed by atoms with Gasteiger partial charge >= 0.3 is 0 Å². The van der Waals surface area contributed by atoms with Gasteiger partial charge in [-0.15, -0.1) is 12.4 Å². The second kappa shape index (κ2) is 11.8. The maximum absolute atomic E-state index is 13.0. The van der Waals surface area contributed by atoms with E-state index in [0.717, 1.165) is 5.56 Å². The molecule has 8 nitrogen and oxygen atoms in total. The predicted octanol–water partition coefficient (Wildman–Crippen LogP) is 4.57. The van der Waals surface area contributed by atoms with Crippen molar-refractivity contribution in [3.8, 4) is 5.88 Å². The Balaban J connectivity index is 0.00000361. The van der Waals surface area contributed by atoms with Crippen molar-refractivity contribution in [3.63, 3.8) is 0 Å². The topological polar surface area (TPSA) is 127 Å². The Morgan fingerprint density at radius 3 is 2.58 bits per heavy atom. The quantitative estimate of drug-likeness (QED) is 0.288. The van der Waals surface area contributed by atoms with E-state index in [4.69, 9.17) is 22.1 Å². The number of amides is 1. The number of halogens is 2.